The SMILES string of the molecule is CC1CCCCC1NCC(=O)N1CCOCC1. The predicted octanol–water partition coefficient (Wildman–Crippen LogP) is 1.01. The molecule has 1 N–H and O–H groups in total. The molecule has 0 radical (unpaired) electrons. The molecule has 0 aromatic rings. The quantitative estimate of drug-likeness (QED) is 0.800. The molecule has 4 nitrogen and oxygen atoms in total. The van der Waals surface area contributed by atoms with Crippen LogP contribution in [0.5, 0.6) is 0 Å². The zero-order valence-corrected chi connectivity index (χ0v) is 10.8. The molecule has 98 valence electrons. The average Bonchev–Trinajstić information content (AvgIpc) is 2.38. The van der Waals surface area contributed by atoms with Crippen LogP contribution in [-0.2, 0) is 9.53 Å². The van der Waals surface area contributed by atoms with E-state index in [4.69, 9.17) is 4.74 Å². The third-order valence-corrected chi connectivity index (χ3v) is 3.99. The van der Waals surface area contributed by atoms with E-state index in [0.717, 1.165) is 13.1 Å². The average molecular weight is 240 g/mol. The maximum atomic E-state index is 12.0. The second-order valence-electron chi connectivity index (χ2n) is 5.24. The smallest absolute Gasteiger partial charge is 0.236 e. The number of carbonyl (C=O) groups excluding carboxylic acids is 1. The highest BCUT2D eigenvalue weighted by molar-refractivity contribution is 5.78. The van der Waals surface area contributed by atoms with Crippen molar-refractivity contribution in [2.24, 2.45) is 5.92 Å². The Morgan fingerprint density at radius 2 is 2.00 bits per heavy atom. The number of hydrogen-bond donors (Lipinski definition) is 1. The number of amides is 1. The number of carbonyl (C=O) groups is 1. The van der Waals surface area contributed by atoms with Gasteiger partial charge in [0.1, 0.15) is 0 Å². The van der Waals surface area contributed by atoms with Crippen molar-refractivity contribution in [3.8, 4) is 0 Å². The summed E-state index contributed by atoms with van der Waals surface area (Å²) < 4.78 is 5.25. The lowest BCUT2D eigenvalue weighted by molar-refractivity contribution is -0.134. The minimum Gasteiger partial charge on any atom is -0.378 e. The van der Waals surface area contributed by atoms with Crippen LogP contribution in [-0.4, -0.2) is 49.7 Å². The van der Waals surface area contributed by atoms with Gasteiger partial charge >= 0.3 is 0 Å². The zero-order valence-electron chi connectivity index (χ0n) is 10.8. The molecule has 1 amide bonds. The Morgan fingerprint density at radius 1 is 1.29 bits per heavy atom. The first kappa shape index (κ1) is 12.8. The van der Waals surface area contributed by atoms with Crippen molar-refractivity contribution in [2.75, 3.05) is 32.8 Å². The van der Waals surface area contributed by atoms with E-state index in [2.05, 4.69) is 12.2 Å². The molecule has 17 heavy (non-hydrogen) atoms. The lowest BCUT2D eigenvalue weighted by Crippen LogP contribution is -2.48. The largest absolute Gasteiger partial charge is 0.378 e. The molecular formula is C13H24N2O2. The lowest BCUT2D eigenvalue weighted by atomic mass is 9.86. The van der Waals surface area contributed by atoms with Gasteiger partial charge in [0, 0.05) is 19.1 Å². The van der Waals surface area contributed by atoms with E-state index in [0.29, 0.717) is 31.7 Å². The molecule has 4 heteroatoms. The van der Waals surface area contributed by atoms with Crippen molar-refractivity contribution in [3.05, 3.63) is 0 Å². The van der Waals surface area contributed by atoms with Gasteiger partial charge in [-0.25, -0.2) is 0 Å². The molecule has 2 fully saturated rings. The van der Waals surface area contributed by atoms with E-state index in [-0.39, 0.29) is 5.91 Å². The zero-order chi connectivity index (χ0) is 12.1. The number of morpholine rings is 1. The van der Waals surface area contributed by atoms with Crippen LogP contribution >= 0.6 is 0 Å². The number of hydrogen-bond acceptors (Lipinski definition) is 3. The van der Waals surface area contributed by atoms with Crippen LogP contribution < -0.4 is 5.32 Å². The van der Waals surface area contributed by atoms with Crippen molar-refractivity contribution in [1.82, 2.24) is 10.2 Å². The predicted molar refractivity (Wildman–Crippen MR) is 66.8 cm³/mol. The molecule has 0 aromatic heterocycles. The van der Waals surface area contributed by atoms with Crippen LogP contribution in [0.15, 0.2) is 0 Å². The van der Waals surface area contributed by atoms with Gasteiger partial charge in [0.2, 0.25) is 5.91 Å². The van der Waals surface area contributed by atoms with Crippen LogP contribution in [0.2, 0.25) is 0 Å². The molecule has 1 aliphatic carbocycles. The minimum atomic E-state index is 0.228. The molecule has 2 rings (SSSR count). The van der Waals surface area contributed by atoms with E-state index in [1.807, 2.05) is 4.90 Å². The van der Waals surface area contributed by atoms with E-state index >= 15 is 0 Å². The maximum absolute atomic E-state index is 12.0. The molecule has 2 aliphatic rings. The number of ether oxygens (including phenoxy) is 1. The molecular weight excluding hydrogens is 216 g/mol. The summed E-state index contributed by atoms with van der Waals surface area (Å²) in [4.78, 5) is 13.9. The first-order valence-corrected chi connectivity index (χ1v) is 6.86. The molecule has 1 saturated heterocycles. The number of nitrogens with zero attached hydrogens (tertiary/aromatic N) is 1. The van der Waals surface area contributed by atoms with Gasteiger partial charge in [0.15, 0.2) is 0 Å². The summed E-state index contributed by atoms with van der Waals surface area (Å²) in [7, 11) is 0. The van der Waals surface area contributed by atoms with Crippen molar-refractivity contribution < 1.29 is 9.53 Å². The Morgan fingerprint density at radius 3 is 2.71 bits per heavy atom. The molecule has 0 bridgehead atoms. The minimum absolute atomic E-state index is 0.228. The Bertz CT molecular complexity index is 252. The van der Waals surface area contributed by atoms with Crippen LogP contribution in [0.4, 0.5) is 0 Å². The van der Waals surface area contributed by atoms with E-state index in [1.54, 1.807) is 0 Å². The first-order chi connectivity index (χ1) is 8.27. The fourth-order valence-corrected chi connectivity index (χ4v) is 2.76. The van der Waals surface area contributed by atoms with Gasteiger partial charge in [-0.1, -0.05) is 19.8 Å². The third kappa shape index (κ3) is 3.68. The van der Waals surface area contributed by atoms with E-state index in [9.17, 15) is 4.79 Å². The van der Waals surface area contributed by atoms with E-state index in [1.165, 1.54) is 25.7 Å². The fraction of sp³-hybridized carbons (Fsp3) is 0.923. The van der Waals surface area contributed by atoms with Crippen LogP contribution in [0.3, 0.4) is 0 Å². The Balaban J connectivity index is 1.71. The highest BCUT2D eigenvalue weighted by Gasteiger charge is 2.23. The topological polar surface area (TPSA) is 41.6 Å². The molecule has 1 heterocycles. The Kier molecular flexibility index (Phi) is 4.80. The molecule has 1 saturated carbocycles. The normalized spacial score (nSPS) is 30.3. The van der Waals surface area contributed by atoms with Crippen LogP contribution in [0.25, 0.3) is 0 Å². The van der Waals surface area contributed by atoms with Gasteiger partial charge < -0.3 is 15.0 Å². The van der Waals surface area contributed by atoms with Gasteiger partial charge in [-0.05, 0) is 18.8 Å². The third-order valence-electron chi connectivity index (χ3n) is 3.99. The monoisotopic (exact) mass is 240 g/mol. The van der Waals surface area contributed by atoms with Gasteiger partial charge in [0.05, 0.1) is 19.8 Å². The van der Waals surface area contributed by atoms with Crippen LogP contribution in [0.1, 0.15) is 32.6 Å². The summed E-state index contributed by atoms with van der Waals surface area (Å²) in [6, 6.07) is 0.536. The second kappa shape index (κ2) is 6.36. The summed E-state index contributed by atoms with van der Waals surface area (Å²) >= 11 is 0. The van der Waals surface area contributed by atoms with Crippen molar-refractivity contribution in [1.29, 1.82) is 0 Å². The molecule has 0 aromatic carbocycles. The van der Waals surface area contributed by atoms with Crippen molar-refractivity contribution in [2.45, 2.75) is 38.6 Å². The molecule has 1 aliphatic heterocycles. The fourth-order valence-electron chi connectivity index (χ4n) is 2.76. The summed E-state index contributed by atoms with van der Waals surface area (Å²) in [5.41, 5.74) is 0. The van der Waals surface area contributed by atoms with Crippen molar-refractivity contribution in [3.63, 3.8) is 0 Å². The highest BCUT2D eigenvalue weighted by atomic mass is 16.5. The summed E-state index contributed by atoms with van der Waals surface area (Å²) in [6.45, 7) is 5.66. The van der Waals surface area contributed by atoms with Crippen LogP contribution in [0, 0.1) is 5.92 Å². The molecule has 0 spiro atoms. The lowest BCUT2D eigenvalue weighted by Gasteiger charge is -2.31. The number of rotatable bonds is 3. The summed E-state index contributed by atoms with van der Waals surface area (Å²) in [5, 5.41) is 3.44. The summed E-state index contributed by atoms with van der Waals surface area (Å²) in [5.74, 6) is 0.937. The van der Waals surface area contributed by atoms with Gasteiger partial charge in [-0.2, -0.15) is 0 Å². The Hall–Kier alpha value is -0.610. The van der Waals surface area contributed by atoms with Gasteiger partial charge in [0.25, 0.3) is 0 Å². The number of nitrogens with one attached hydrogen (secondary N) is 1. The van der Waals surface area contributed by atoms with Gasteiger partial charge in [-0.15, -0.1) is 0 Å². The first-order valence-electron chi connectivity index (χ1n) is 6.86. The van der Waals surface area contributed by atoms with E-state index < -0.39 is 0 Å². The standard InChI is InChI=1S/C13H24N2O2/c1-11-4-2-3-5-12(11)14-10-13(16)15-6-8-17-9-7-15/h11-12,14H,2-10H2,1H3. The highest BCUT2D eigenvalue weighted by Crippen LogP contribution is 2.23. The summed E-state index contributed by atoms with van der Waals surface area (Å²) in [6.07, 6.45) is 5.16. The molecule has 2 unspecified atom stereocenters. The van der Waals surface area contributed by atoms with Gasteiger partial charge in [-0.3, -0.25) is 4.79 Å². The second-order valence-corrected chi connectivity index (χ2v) is 5.24. The Labute approximate surface area is 104 Å². The molecule has 2 atom stereocenters. The maximum Gasteiger partial charge on any atom is 0.236 e. The van der Waals surface area contributed by atoms with Crippen molar-refractivity contribution >= 4 is 5.91 Å².